The highest BCUT2D eigenvalue weighted by molar-refractivity contribution is 5.91. The highest BCUT2D eigenvalue weighted by Gasteiger charge is 2.36. The first-order valence-electron chi connectivity index (χ1n) is 14.4. The molecule has 1 unspecified atom stereocenters. The minimum atomic E-state index is -1.06. The minimum Gasteiger partial charge on any atom is -0.477 e. The third-order valence-electron chi connectivity index (χ3n) is 8.52. The van der Waals surface area contributed by atoms with Crippen LogP contribution in [0.25, 0.3) is 5.65 Å². The number of carbonyl (C=O) groups is 2. The quantitative estimate of drug-likeness (QED) is 0.306. The third-order valence-corrected chi connectivity index (χ3v) is 8.52. The van der Waals surface area contributed by atoms with Crippen LogP contribution in [0.15, 0.2) is 60.8 Å². The van der Waals surface area contributed by atoms with E-state index in [0.717, 1.165) is 25.2 Å². The van der Waals surface area contributed by atoms with E-state index < -0.39 is 12.1 Å². The van der Waals surface area contributed by atoms with Crippen LogP contribution in [0.5, 0.6) is 0 Å². The van der Waals surface area contributed by atoms with Crippen molar-refractivity contribution in [3.63, 3.8) is 0 Å². The zero-order chi connectivity index (χ0) is 29.4. The molecule has 2 saturated heterocycles. The number of benzene rings is 1. The SMILES string of the molecule is CC(O)c1cc(N2CC[C@](C)(c3ccccc3)C2)cn2nc(C(=O)NC3CCN(c4cccc(C(=O)O)n4)CC3)nc12. The molecule has 2 aliphatic rings. The van der Waals surface area contributed by atoms with Crippen molar-refractivity contribution >= 4 is 29.0 Å². The van der Waals surface area contributed by atoms with E-state index in [0.29, 0.717) is 43.0 Å². The van der Waals surface area contributed by atoms with Crippen molar-refractivity contribution in [2.45, 2.75) is 50.7 Å². The van der Waals surface area contributed by atoms with E-state index in [9.17, 15) is 19.8 Å². The Hall–Kier alpha value is -4.51. The number of piperidine rings is 1. The summed E-state index contributed by atoms with van der Waals surface area (Å²) in [7, 11) is 0. The molecule has 0 bridgehead atoms. The number of fused-ring (bicyclic) bond motifs is 1. The minimum absolute atomic E-state index is 0.00974. The summed E-state index contributed by atoms with van der Waals surface area (Å²) in [4.78, 5) is 37.5. The Kier molecular flexibility index (Phi) is 7.28. The molecule has 0 spiro atoms. The second-order valence-corrected chi connectivity index (χ2v) is 11.6. The number of anilines is 2. The van der Waals surface area contributed by atoms with E-state index in [4.69, 9.17) is 0 Å². The van der Waals surface area contributed by atoms with Crippen LogP contribution in [-0.2, 0) is 5.41 Å². The van der Waals surface area contributed by atoms with Gasteiger partial charge in [-0.15, -0.1) is 5.10 Å². The van der Waals surface area contributed by atoms with E-state index in [-0.39, 0.29) is 28.9 Å². The van der Waals surface area contributed by atoms with Gasteiger partial charge in [0.25, 0.3) is 5.91 Å². The normalized spacial score (nSPS) is 20.2. The number of aliphatic hydroxyl groups excluding tert-OH is 1. The number of rotatable bonds is 7. The Morgan fingerprint density at radius 1 is 1.02 bits per heavy atom. The Morgan fingerprint density at radius 2 is 1.79 bits per heavy atom. The van der Waals surface area contributed by atoms with Crippen LogP contribution in [0.2, 0.25) is 0 Å². The molecular weight excluding hydrogens is 534 g/mol. The lowest BCUT2D eigenvalue weighted by atomic mass is 9.82. The van der Waals surface area contributed by atoms with Crippen molar-refractivity contribution in [2.24, 2.45) is 0 Å². The molecule has 218 valence electrons. The number of nitrogens with zero attached hydrogens (tertiary/aromatic N) is 6. The topological polar surface area (TPSA) is 136 Å². The first-order chi connectivity index (χ1) is 20.2. The molecular formula is C31H35N7O4. The van der Waals surface area contributed by atoms with Crippen molar-refractivity contribution in [2.75, 3.05) is 36.0 Å². The number of aromatic nitrogens is 4. The molecule has 0 saturated carbocycles. The van der Waals surface area contributed by atoms with E-state index in [1.54, 1.807) is 23.6 Å². The Labute approximate surface area is 243 Å². The molecule has 2 fully saturated rings. The first kappa shape index (κ1) is 27.6. The van der Waals surface area contributed by atoms with Gasteiger partial charge in [-0.3, -0.25) is 4.79 Å². The number of pyridine rings is 2. The van der Waals surface area contributed by atoms with E-state index in [2.05, 4.69) is 56.5 Å². The van der Waals surface area contributed by atoms with Gasteiger partial charge in [0.15, 0.2) is 11.3 Å². The molecule has 6 rings (SSSR count). The number of amides is 1. The summed E-state index contributed by atoms with van der Waals surface area (Å²) >= 11 is 0. The summed E-state index contributed by atoms with van der Waals surface area (Å²) < 4.78 is 1.61. The number of aromatic carboxylic acids is 1. The molecule has 4 aromatic rings. The van der Waals surface area contributed by atoms with Crippen LogP contribution < -0.4 is 15.1 Å². The van der Waals surface area contributed by atoms with Crippen LogP contribution in [0.3, 0.4) is 0 Å². The van der Waals surface area contributed by atoms with Gasteiger partial charge in [-0.25, -0.2) is 19.3 Å². The first-order valence-corrected chi connectivity index (χ1v) is 14.4. The van der Waals surface area contributed by atoms with Gasteiger partial charge >= 0.3 is 5.97 Å². The Morgan fingerprint density at radius 3 is 2.50 bits per heavy atom. The zero-order valence-corrected chi connectivity index (χ0v) is 23.8. The molecule has 11 nitrogen and oxygen atoms in total. The van der Waals surface area contributed by atoms with Crippen LogP contribution >= 0.6 is 0 Å². The van der Waals surface area contributed by atoms with Crippen molar-refractivity contribution in [3.05, 3.63) is 83.4 Å². The molecule has 3 aromatic heterocycles. The maximum absolute atomic E-state index is 13.2. The molecule has 2 aliphatic heterocycles. The lowest BCUT2D eigenvalue weighted by Gasteiger charge is -2.33. The number of carboxylic acids is 1. The van der Waals surface area contributed by atoms with Crippen LogP contribution in [0.4, 0.5) is 11.5 Å². The van der Waals surface area contributed by atoms with Gasteiger partial charge in [-0.1, -0.05) is 43.3 Å². The number of carboxylic acid groups (broad SMARTS) is 1. The smallest absolute Gasteiger partial charge is 0.354 e. The van der Waals surface area contributed by atoms with Gasteiger partial charge < -0.3 is 25.3 Å². The van der Waals surface area contributed by atoms with E-state index >= 15 is 0 Å². The molecule has 5 heterocycles. The number of carbonyl (C=O) groups excluding carboxylic acids is 1. The standard InChI is InChI=1S/C31H35N7O4/c1-20(39)24-17-23(37-16-13-31(2,19-37)21-7-4-3-5-8-21)18-38-28(24)34-27(35-38)29(40)32-22-11-14-36(15-12-22)26-10-6-9-25(33-26)30(41)42/h3-10,17-18,20,22,39H,11-16,19H2,1-2H3,(H,32,40)(H,41,42)/t20?,31-/m0/s1. The molecule has 11 heteroatoms. The van der Waals surface area contributed by atoms with Crippen molar-refractivity contribution in [1.82, 2.24) is 24.9 Å². The fraction of sp³-hybridized carbons (Fsp3) is 0.387. The van der Waals surface area contributed by atoms with Crippen LogP contribution in [0, 0.1) is 0 Å². The average molecular weight is 570 g/mol. The van der Waals surface area contributed by atoms with Gasteiger partial charge in [-0.05, 0) is 49.9 Å². The van der Waals surface area contributed by atoms with Crippen molar-refractivity contribution in [1.29, 1.82) is 0 Å². The highest BCUT2D eigenvalue weighted by Crippen LogP contribution is 2.37. The van der Waals surface area contributed by atoms with E-state index in [1.165, 1.54) is 11.6 Å². The predicted molar refractivity (Wildman–Crippen MR) is 158 cm³/mol. The average Bonchev–Trinajstić information content (AvgIpc) is 3.62. The van der Waals surface area contributed by atoms with Gasteiger partial charge in [0, 0.05) is 43.2 Å². The zero-order valence-electron chi connectivity index (χ0n) is 23.8. The third kappa shape index (κ3) is 5.39. The highest BCUT2D eigenvalue weighted by atomic mass is 16.4. The second-order valence-electron chi connectivity index (χ2n) is 11.6. The van der Waals surface area contributed by atoms with E-state index in [1.807, 2.05) is 23.2 Å². The maximum atomic E-state index is 13.2. The maximum Gasteiger partial charge on any atom is 0.354 e. The predicted octanol–water partition coefficient (Wildman–Crippen LogP) is 3.44. The second kappa shape index (κ2) is 11.1. The Balaban J connectivity index is 1.16. The fourth-order valence-electron chi connectivity index (χ4n) is 6.05. The molecule has 0 aliphatic carbocycles. The summed E-state index contributed by atoms with van der Waals surface area (Å²) in [6.07, 6.45) is 3.46. The lowest BCUT2D eigenvalue weighted by molar-refractivity contribution is 0.0690. The molecule has 2 atom stereocenters. The summed E-state index contributed by atoms with van der Waals surface area (Å²) in [5, 5.41) is 27.4. The molecule has 3 N–H and O–H groups in total. The number of aliphatic hydroxyl groups is 1. The lowest BCUT2D eigenvalue weighted by Crippen LogP contribution is -2.45. The van der Waals surface area contributed by atoms with Crippen LogP contribution in [0.1, 0.15) is 71.4 Å². The number of hydrogen-bond donors (Lipinski definition) is 3. The largest absolute Gasteiger partial charge is 0.477 e. The monoisotopic (exact) mass is 569 g/mol. The molecule has 1 aromatic carbocycles. The number of nitrogens with one attached hydrogen (secondary N) is 1. The van der Waals surface area contributed by atoms with Gasteiger partial charge in [0.05, 0.1) is 18.0 Å². The van der Waals surface area contributed by atoms with Gasteiger partial charge in [0.2, 0.25) is 5.82 Å². The summed E-state index contributed by atoms with van der Waals surface area (Å²) in [5.41, 5.74) is 3.34. The van der Waals surface area contributed by atoms with Crippen LogP contribution in [-0.4, -0.2) is 73.9 Å². The molecule has 0 radical (unpaired) electrons. The summed E-state index contributed by atoms with van der Waals surface area (Å²) in [6, 6.07) is 17.4. The fourth-order valence-corrected chi connectivity index (χ4v) is 6.05. The summed E-state index contributed by atoms with van der Waals surface area (Å²) in [5.74, 6) is -0.747. The van der Waals surface area contributed by atoms with Crippen molar-refractivity contribution in [3.8, 4) is 0 Å². The molecule has 42 heavy (non-hydrogen) atoms. The van der Waals surface area contributed by atoms with Crippen molar-refractivity contribution < 1.29 is 19.8 Å². The Bertz CT molecular complexity index is 1610. The molecule has 1 amide bonds. The summed E-state index contributed by atoms with van der Waals surface area (Å²) in [6.45, 7) is 6.94. The van der Waals surface area contributed by atoms with Gasteiger partial charge in [-0.2, -0.15) is 0 Å². The van der Waals surface area contributed by atoms with Gasteiger partial charge in [0.1, 0.15) is 5.82 Å². The number of hydrogen-bond acceptors (Lipinski definition) is 8.